The molecule has 1 rings (SSSR count). The molecule has 0 aromatic rings. The summed E-state index contributed by atoms with van der Waals surface area (Å²) in [7, 11) is 0. The van der Waals surface area contributed by atoms with E-state index in [9.17, 15) is 9.59 Å². The number of amides is 3. The lowest BCUT2D eigenvalue weighted by molar-refractivity contribution is -0.136. The van der Waals surface area contributed by atoms with Crippen LogP contribution in [-0.4, -0.2) is 72.5 Å². The molecule has 1 saturated heterocycles. The highest BCUT2D eigenvalue weighted by molar-refractivity contribution is 5.79. The van der Waals surface area contributed by atoms with Crippen molar-refractivity contribution in [1.82, 2.24) is 14.7 Å². The zero-order valence-corrected chi connectivity index (χ0v) is 13.0. The summed E-state index contributed by atoms with van der Waals surface area (Å²) in [5.41, 5.74) is 5.49. The minimum absolute atomic E-state index is 0.0231. The lowest BCUT2D eigenvalue weighted by Gasteiger charge is -2.38. The predicted octanol–water partition coefficient (Wildman–Crippen LogP) is 0.577. The first-order valence-electron chi connectivity index (χ1n) is 7.57. The Morgan fingerprint density at radius 2 is 1.60 bits per heavy atom. The third-order valence-corrected chi connectivity index (χ3v) is 3.92. The first-order valence-corrected chi connectivity index (χ1v) is 7.57. The largest absolute Gasteiger partial charge is 0.339 e. The monoisotopic (exact) mass is 284 g/mol. The molecule has 1 aliphatic rings. The molecule has 0 aliphatic carbocycles. The number of rotatable bonds is 5. The molecule has 1 atom stereocenters. The van der Waals surface area contributed by atoms with Gasteiger partial charge in [0.15, 0.2) is 0 Å². The average molecular weight is 284 g/mol. The minimum Gasteiger partial charge on any atom is -0.339 e. The molecule has 2 N–H and O–H groups in total. The SMILES string of the molecule is CCN(CC)C(=O)N1CCN(C(=O)C(C)CCN)CC1. The highest BCUT2D eigenvalue weighted by Gasteiger charge is 2.27. The van der Waals surface area contributed by atoms with Gasteiger partial charge in [-0.05, 0) is 26.8 Å². The molecule has 0 aromatic carbocycles. The van der Waals surface area contributed by atoms with E-state index in [0.717, 1.165) is 19.5 Å². The topological polar surface area (TPSA) is 69.9 Å². The van der Waals surface area contributed by atoms with E-state index in [1.54, 1.807) is 0 Å². The molecule has 0 aromatic heterocycles. The fourth-order valence-corrected chi connectivity index (χ4v) is 2.50. The zero-order chi connectivity index (χ0) is 15.1. The molecule has 6 heteroatoms. The Kier molecular flexibility index (Phi) is 6.78. The summed E-state index contributed by atoms with van der Waals surface area (Å²) < 4.78 is 0. The third kappa shape index (κ3) is 4.10. The van der Waals surface area contributed by atoms with Crippen LogP contribution < -0.4 is 5.73 Å². The van der Waals surface area contributed by atoms with E-state index in [1.165, 1.54) is 0 Å². The Labute approximate surface area is 121 Å². The highest BCUT2D eigenvalue weighted by Crippen LogP contribution is 2.11. The van der Waals surface area contributed by atoms with Crippen molar-refractivity contribution in [2.24, 2.45) is 11.7 Å². The van der Waals surface area contributed by atoms with Gasteiger partial charge >= 0.3 is 6.03 Å². The second kappa shape index (κ2) is 8.09. The molecule has 0 spiro atoms. The lowest BCUT2D eigenvalue weighted by atomic mass is 10.1. The van der Waals surface area contributed by atoms with Crippen molar-refractivity contribution in [2.75, 3.05) is 45.8 Å². The van der Waals surface area contributed by atoms with Crippen LogP contribution in [0.5, 0.6) is 0 Å². The molecule has 3 amide bonds. The van der Waals surface area contributed by atoms with E-state index in [4.69, 9.17) is 5.73 Å². The molecule has 1 unspecified atom stereocenters. The molecule has 20 heavy (non-hydrogen) atoms. The first kappa shape index (κ1) is 16.8. The van der Waals surface area contributed by atoms with Crippen molar-refractivity contribution >= 4 is 11.9 Å². The van der Waals surface area contributed by atoms with Crippen molar-refractivity contribution < 1.29 is 9.59 Å². The summed E-state index contributed by atoms with van der Waals surface area (Å²) >= 11 is 0. The Bertz CT molecular complexity index is 323. The van der Waals surface area contributed by atoms with Crippen LogP contribution in [0.15, 0.2) is 0 Å². The van der Waals surface area contributed by atoms with E-state index in [2.05, 4.69) is 0 Å². The zero-order valence-electron chi connectivity index (χ0n) is 13.0. The molecule has 1 aliphatic heterocycles. The summed E-state index contributed by atoms with van der Waals surface area (Å²) in [6.07, 6.45) is 0.720. The summed E-state index contributed by atoms with van der Waals surface area (Å²) in [5, 5.41) is 0. The smallest absolute Gasteiger partial charge is 0.320 e. The van der Waals surface area contributed by atoms with Gasteiger partial charge in [-0.25, -0.2) is 4.79 Å². The Hall–Kier alpha value is -1.30. The van der Waals surface area contributed by atoms with Crippen LogP contribution in [0.25, 0.3) is 0 Å². The van der Waals surface area contributed by atoms with Crippen LogP contribution in [0, 0.1) is 5.92 Å². The fraction of sp³-hybridized carbons (Fsp3) is 0.857. The van der Waals surface area contributed by atoms with E-state index >= 15 is 0 Å². The summed E-state index contributed by atoms with van der Waals surface area (Å²) in [6, 6.07) is 0.0807. The van der Waals surface area contributed by atoms with E-state index in [0.29, 0.717) is 32.7 Å². The van der Waals surface area contributed by atoms with Crippen molar-refractivity contribution in [1.29, 1.82) is 0 Å². The molecule has 1 fully saturated rings. The van der Waals surface area contributed by atoms with Gasteiger partial charge in [-0.3, -0.25) is 4.79 Å². The predicted molar refractivity (Wildman–Crippen MR) is 79.3 cm³/mol. The molecule has 0 radical (unpaired) electrons. The molecule has 116 valence electrons. The summed E-state index contributed by atoms with van der Waals surface area (Å²) in [6.45, 7) is 10.4. The fourth-order valence-electron chi connectivity index (χ4n) is 2.50. The Balaban J connectivity index is 2.47. The summed E-state index contributed by atoms with van der Waals surface area (Å²) in [4.78, 5) is 29.9. The number of carbonyl (C=O) groups is 2. The van der Waals surface area contributed by atoms with Crippen LogP contribution in [0.3, 0.4) is 0 Å². The van der Waals surface area contributed by atoms with Crippen LogP contribution in [-0.2, 0) is 4.79 Å². The molecule has 1 heterocycles. The third-order valence-electron chi connectivity index (χ3n) is 3.92. The molecule has 0 bridgehead atoms. The maximum atomic E-state index is 12.2. The van der Waals surface area contributed by atoms with E-state index in [1.807, 2.05) is 35.5 Å². The average Bonchev–Trinajstić information content (AvgIpc) is 2.48. The van der Waals surface area contributed by atoms with Crippen molar-refractivity contribution in [3.8, 4) is 0 Å². The summed E-state index contributed by atoms with van der Waals surface area (Å²) in [5.74, 6) is 0.135. The van der Waals surface area contributed by atoms with Gasteiger partial charge in [0.25, 0.3) is 0 Å². The van der Waals surface area contributed by atoms with E-state index < -0.39 is 0 Å². The highest BCUT2D eigenvalue weighted by atomic mass is 16.2. The number of hydrogen-bond donors (Lipinski definition) is 1. The van der Waals surface area contributed by atoms with Gasteiger partial charge < -0.3 is 20.4 Å². The molecule has 0 saturated carbocycles. The lowest BCUT2D eigenvalue weighted by Crippen LogP contribution is -2.54. The standard InChI is InChI=1S/C14H28N4O2/c1-4-16(5-2)14(20)18-10-8-17(9-11-18)13(19)12(3)6-7-15/h12H,4-11,15H2,1-3H3. The first-order chi connectivity index (χ1) is 9.54. The van der Waals surface area contributed by atoms with Gasteiger partial charge in [0.1, 0.15) is 0 Å². The van der Waals surface area contributed by atoms with E-state index in [-0.39, 0.29) is 17.9 Å². The number of hydrogen-bond acceptors (Lipinski definition) is 3. The number of nitrogens with zero attached hydrogens (tertiary/aromatic N) is 3. The van der Waals surface area contributed by atoms with Crippen LogP contribution in [0.4, 0.5) is 4.79 Å². The van der Waals surface area contributed by atoms with Gasteiger partial charge in [-0.2, -0.15) is 0 Å². The minimum atomic E-state index is -0.0231. The normalized spacial score (nSPS) is 17.0. The number of urea groups is 1. The molecular formula is C14H28N4O2. The number of piperazine rings is 1. The van der Waals surface area contributed by atoms with Crippen molar-refractivity contribution in [2.45, 2.75) is 27.2 Å². The molecule has 6 nitrogen and oxygen atoms in total. The van der Waals surface area contributed by atoms with Crippen molar-refractivity contribution in [3.63, 3.8) is 0 Å². The Morgan fingerprint density at radius 3 is 2.05 bits per heavy atom. The Morgan fingerprint density at radius 1 is 1.10 bits per heavy atom. The quantitative estimate of drug-likeness (QED) is 0.803. The van der Waals surface area contributed by atoms with Crippen LogP contribution in [0.2, 0.25) is 0 Å². The maximum Gasteiger partial charge on any atom is 0.320 e. The number of carbonyl (C=O) groups excluding carboxylic acids is 2. The van der Waals surface area contributed by atoms with Crippen LogP contribution >= 0.6 is 0 Å². The van der Waals surface area contributed by atoms with Crippen LogP contribution in [0.1, 0.15) is 27.2 Å². The maximum absolute atomic E-state index is 12.2. The van der Waals surface area contributed by atoms with Gasteiger partial charge in [-0.1, -0.05) is 6.92 Å². The number of nitrogens with two attached hydrogens (primary N) is 1. The van der Waals surface area contributed by atoms with Gasteiger partial charge in [0.2, 0.25) is 5.91 Å². The van der Waals surface area contributed by atoms with Gasteiger partial charge in [0, 0.05) is 45.2 Å². The second-order valence-corrected chi connectivity index (χ2v) is 5.25. The van der Waals surface area contributed by atoms with Gasteiger partial charge in [0.05, 0.1) is 0 Å². The van der Waals surface area contributed by atoms with Gasteiger partial charge in [-0.15, -0.1) is 0 Å². The van der Waals surface area contributed by atoms with Crippen molar-refractivity contribution in [3.05, 3.63) is 0 Å². The molecular weight excluding hydrogens is 256 g/mol. The second-order valence-electron chi connectivity index (χ2n) is 5.25.